The molecule has 0 spiro atoms. The standard InChI is InChI=1S/C23H37Cl3O3/c1-17(2,3)13-14(18(4,5)6)22(19(7,8)9)21(13,15(28-22)23(24,25)26)16(27)29-20(10,11)12/h15H,1-12H3/t15?,21-,22+/m1/s1. The summed E-state index contributed by atoms with van der Waals surface area (Å²) in [5.74, 6) is -0.375. The van der Waals surface area contributed by atoms with Crippen LogP contribution in [0.15, 0.2) is 11.1 Å². The number of halogens is 3. The molecular weight excluding hydrogens is 431 g/mol. The van der Waals surface area contributed by atoms with E-state index in [4.69, 9.17) is 44.3 Å². The van der Waals surface area contributed by atoms with Gasteiger partial charge in [-0.05, 0) is 48.2 Å². The van der Waals surface area contributed by atoms with Gasteiger partial charge in [-0.25, -0.2) is 0 Å². The van der Waals surface area contributed by atoms with Crippen molar-refractivity contribution in [1.82, 2.24) is 0 Å². The van der Waals surface area contributed by atoms with Gasteiger partial charge in [0.05, 0.1) is 0 Å². The molecule has 0 bridgehead atoms. The van der Waals surface area contributed by atoms with Crippen molar-refractivity contribution in [2.75, 3.05) is 0 Å². The van der Waals surface area contributed by atoms with Crippen molar-refractivity contribution in [3.05, 3.63) is 11.1 Å². The topological polar surface area (TPSA) is 35.5 Å². The van der Waals surface area contributed by atoms with E-state index in [1.165, 1.54) is 0 Å². The number of carbonyl (C=O) groups excluding carboxylic acids is 1. The fraction of sp³-hybridized carbons (Fsp3) is 0.870. The van der Waals surface area contributed by atoms with Crippen LogP contribution in [-0.2, 0) is 14.3 Å². The zero-order chi connectivity index (χ0) is 23.2. The summed E-state index contributed by atoms with van der Waals surface area (Å²) in [6.07, 6.45) is -0.922. The molecule has 1 unspecified atom stereocenters. The number of rotatable bonds is 1. The summed E-state index contributed by atoms with van der Waals surface area (Å²) in [6, 6.07) is 0. The zero-order valence-corrected chi connectivity index (χ0v) is 22.2. The summed E-state index contributed by atoms with van der Waals surface area (Å²) < 4.78 is 10.7. The van der Waals surface area contributed by atoms with E-state index in [2.05, 4.69) is 62.3 Å². The number of alkyl halides is 3. The normalized spacial score (nSPS) is 31.1. The number of hydrogen-bond acceptors (Lipinski definition) is 3. The number of ether oxygens (including phenoxy) is 2. The van der Waals surface area contributed by atoms with E-state index in [1.54, 1.807) is 0 Å². The summed E-state index contributed by atoms with van der Waals surface area (Å²) in [5, 5.41) is 0. The monoisotopic (exact) mass is 466 g/mol. The van der Waals surface area contributed by atoms with Crippen molar-refractivity contribution in [3.63, 3.8) is 0 Å². The van der Waals surface area contributed by atoms with E-state index >= 15 is 0 Å². The van der Waals surface area contributed by atoms with Crippen LogP contribution in [0.1, 0.15) is 83.1 Å². The highest BCUT2D eigenvalue weighted by molar-refractivity contribution is 6.68. The molecule has 29 heavy (non-hydrogen) atoms. The van der Waals surface area contributed by atoms with Crippen LogP contribution in [0.4, 0.5) is 0 Å². The van der Waals surface area contributed by atoms with Crippen LogP contribution in [-0.4, -0.2) is 27.1 Å². The Morgan fingerprint density at radius 1 is 0.828 bits per heavy atom. The van der Waals surface area contributed by atoms with Crippen molar-refractivity contribution >= 4 is 40.8 Å². The summed E-state index contributed by atoms with van der Waals surface area (Å²) in [4.78, 5) is 14.0. The lowest BCUT2D eigenvalue weighted by Gasteiger charge is -2.78. The van der Waals surface area contributed by atoms with E-state index in [1.807, 2.05) is 20.8 Å². The van der Waals surface area contributed by atoms with Crippen LogP contribution < -0.4 is 0 Å². The predicted molar refractivity (Wildman–Crippen MR) is 122 cm³/mol. The third kappa shape index (κ3) is 3.47. The third-order valence-electron chi connectivity index (χ3n) is 5.81. The second kappa shape index (κ2) is 6.53. The van der Waals surface area contributed by atoms with Crippen molar-refractivity contribution in [2.45, 2.75) is 104 Å². The van der Waals surface area contributed by atoms with Crippen molar-refractivity contribution in [2.24, 2.45) is 21.7 Å². The molecule has 0 aromatic heterocycles. The summed E-state index contributed by atoms with van der Waals surface area (Å²) in [5.41, 5.74) is -1.66. The number of hydrogen-bond donors (Lipinski definition) is 0. The lowest BCUT2D eigenvalue weighted by atomic mass is 9.34. The number of carbonyl (C=O) groups is 1. The minimum absolute atomic E-state index is 0.236. The van der Waals surface area contributed by atoms with Gasteiger partial charge >= 0.3 is 5.97 Å². The van der Waals surface area contributed by atoms with Gasteiger partial charge in [-0.2, -0.15) is 0 Å². The summed E-state index contributed by atoms with van der Waals surface area (Å²) in [6.45, 7) is 24.5. The highest BCUT2D eigenvalue weighted by Crippen LogP contribution is 2.80. The smallest absolute Gasteiger partial charge is 0.323 e. The number of fused-ring (bicyclic) bond motifs is 1. The maximum absolute atomic E-state index is 14.0. The van der Waals surface area contributed by atoms with Crippen LogP contribution in [0.5, 0.6) is 0 Å². The van der Waals surface area contributed by atoms with Gasteiger partial charge < -0.3 is 9.47 Å². The molecule has 3 nitrogen and oxygen atoms in total. The Morgan fingerprint density at radius 3 is 1.52 bits per heavy atom. The first-order valence-corrected chi connectivity index (χ1v) is 11.3. The quantitative estimate of drug-likeness (QED) is 0.231. The fourth-order valence-electron chi connectivity index (χ4n) is 5.40. The Hall–Kier alpha value is 0.0400. The molecule has 1 heterocycles. The van der Waals surface area contributed by atoms with Crippen LogP contribution in [0.3, 0.4) is 0 Å². The van der Waals surface area contributed by atoms with Crippen LogP contribution in [0, 0.1) is 21.7 Å². The molecule has 1 fully saturated rings. The van der Waals surface area contributed by atoms with Gasteiger partial charge in [-0.15, -0.1) is 0 Å². The second-order valence-electron chi connectivity index (χ2n) is 12.5. The predicted octanol–water partition coefficient (Wildman–Crippen LogP) is 7.27. The Labute approximate surface area is 191 Å². The van der Waals surface area contributed by atoms with E-state index in [0.29, 0.717) is 0 Å². The molecule has 0 saturated carbocycles. The van der Waals surface area contributed by atoms with Gasteiger partial charge in [-0.1, -0.05) is 97.1 Å². The molecule has 168 valence electrons. The molecule has 1 aliphatic heterocycles. The van der Waals surface area contributed by atoms with Crippen molar-refractivity contribution in [3.8, 4) is 0 Å². The van der Waals surface area contributed by atoms with E-state index < -0.39 is 31.9 Å². The fourth-order valence-corrected chi connectivity index (χ4v) is 6.02. The Balaban J connectivity index is 2.98. The summed E-state index contributed by atoms with van der Waals surface area (Å²) in [7, 11) is 0. The molecule has 3 atom stereocenters. The van der Waals surface area contributed by atoms with Gasteiger partial charge in [0.2, 0.25) is 3.79 Å². The van der Waals surface area contributed by atoms with Crippen LogP contribution in [0.2, 0.25) is 0 Å². The van der Waals surface area contributed by atoms with E-state index in [9.17, 15) is 4.79 Å². The average Bonchev–Trinajstić information content (AvgIpc) is 2.31. The molecule has 0 aromatic carbocycles. The van der Waals surface area contributed by atoms with Gasteiger partial charge in [0.25, 0.3) is 0 Å². The minimum Gasteiger partial charge on any atom is -0.459 e. The first-order valence-electron chi connectivity index (χ1n) is 10.2. The Kier molecular flexibility index (Phi) is 5.70. The maximum atomic E-state index is 14.0. The highest BCUT2D eigenvalue weighted by Gasteiger charge is 2.89. The summed E-state index contributed by atoms with van der Waals surface area (Å²) >= 11 is 19.2. The van der Waals surface area contributed by atoms with Crippen molar-refractivity contribution < 1.29 is 14.3 Å². The highest BCUT2D eigenvalue weighted by atomic mass is 35.6. The van der Waals surface area contributed by atoms with Gasteiger partial charge in [0.1, 0.15) is 17.3 Å². The van der Waals surface area contributed by atoms with Gasteiger partial charge in [-0.3, -0.25) is 4.79 Å². The molecule has 0 amide bonds. The lowest BCUT2D eigenvalue weighted by molar-refractivity contribution is -0.348. The third-order valence-corrected chi connectivity index (χ3v) is 6.41. The first kappa shape index (κ1) is 25.3. The molecule has 0 N–H and O–H groups in total. The van der Waals surface area contributed by atoms with Gasteiger partial charge in [0, 0.05) is 0 Å². The second-order valence-corrected chi connectivity index (χ2v) is 14.9. The van der Waals surface area contributed by atoms with Crippen molar-refractivity contribution in [1.29, 1.82) is 0 Å². The Bertz CT molecular complexity index is 736. The van der Waals surface area contributed by atoms with E-state index in [-0.39, 0.29) is 16.8 Å². The maximum Gasteiger partial charge on any atom is 0.323 e. The van der Waals surface area contributed by atoms with Gasteiger partial charge in [0.15, 0.2) is 5.41 Å². The molecular formula is C23H37Cl3O3. The molecule has 0 aromatic rings. The van der Waals surface area contributed by atoms with Crippen LogP contribution in [0.25, 0.3) is 0 Å². The molecule has 2 aliphatic rings. The minimum atomic E-state index is -1.77. The Morgan fingerprint density at radius 2 is 1.24 bits per heavy atom. The molecule has 1 saturated heterocycles. The molecule has 6 heteroatoms. The molecule has 2 rings (SSSR count). The molecule has 1 aliphatic carbocycles. The lowest BCUT2D eigenvalue weighted by Crippen LogP contribution is -2.88. The largest absolute Gasteiger partial charge is 0.459 e. The van der Waals surface area contributed by atoms with E-state index in [0.717, 1.165) is 11.1 Å². The molecule has 0 radical (unpaired) electrons. The number of esters is 1. The zero-order valence-electron chi connectivity index (χ0n) is 19.9. The van der Waals surface area contributed by atoms with Crippen LogP contribution >= 0.6 is 34.8 Å². The average molecular weight is 468 g/mol. The first-order chi connectivity index (χ1) is 12.5. The SMILES string of the molecule is CC(C)(C)OC(=O)[C@]12C(C(C)(C)C)=C(C(C)(C)C)[C@@]1(C(C)(C)C)OC2C(Cl)(Cl)Cl.